The molecule has 0 aliphatic heterocycles. The molecule has 0 fully saturated rings. The van der Waals surface area contributed by atoms with E-state index in [2.05, 4.69) is 5.10 Å². The summed E-state index contributed by atoms with van der Waals surface area (Å²) >= 11 is 11.7. The SMILES string of the molecule is NN=Cc1ccc(OC(=O)c2ccc(Cl)cc2Cl)cc1. The van der Waals surface area contributed by atoms with Gasteiger partial charge in [-0.15, -0.1) is 0 Å². The van der Waals surface area contributed by atoms with Gasteiger partial charge in [0.1, 0.15) is 5.75 Å². The first kappa shape index (κ1) is 14.4. The molecule has 0 saturated carbocycles. The molecular weight excluding hydrogens is 299 g/mol. The Labute approximate surface area is 125 Å². The molecule has 0 heterocycles. The van der Waals surface area contributed by atoms with E-state index in [4.69, 9.17) is 33.8 Å². The lowest BCUT2D eigenvalue weighted by molar-refractivity contribution is 0.0735. The third-order valence-corrected chi connectivity index (χ3v) is 3.01. The van der Waals surface area contributed by atoms with Gasteiger partial charge in [0.2, 0.25) is 0 Å². The lowest BCUT2D eigenvalue weighted by atomic mass is 10.2. The van der Waals surface area contributed by atoms with Gasteiger partial charge in [-0.25, -0.2) is 4.79 Å². The Morgan fingerprint density at radius 3 is 2.45 bits per heavy atom. The number of hydrogen-bond acceptors (Lipinski definition) is 4. The first-order chi connectivity index (χ1) is 9.60. The predicted molar refractivity (Wildman–Crippen MR) is 79.6 cm³/mol. The number of carbonyl (C=O) groups is 1. The summed E-state index contributed by atoms with van der Waals surface area (Å²) in [5.41, 5.74) is 1.06. The van der Waals surface area contributed by atoms with Crippen molar-refractivity contribution in [3.05, 3.63) is 63.6 Å². The quantitative estimate of drug-likeness (QED) is 0.310. The van der Waals surface area contributed by atoms with E-state index >= 15 is 0 Å². The number of benzene rings is 2. The van der Waals surface area contributed by atoms with Crippen LogP contribution in [0.25, 0.3) is 0 Å². The molecule has 4 nitrogen and oxygen atoms in total. The predicted octanol–water partition coefficient (Wildman–Crippen LogP) is 3.51. The second-order valence-electron chi connectivity index (χ2n) is 3.86. The summed E-state index contributed by atoms with van der Waals surface area (Å²) < 4.78 is 5.21. The number of halogens is 2. The standard InChI is InChI=1S/C14H10Cl2N2O2/c15-10-3-6-12(13(16)7-10)14(19)20-11-4-1-9(2-5-11)8-18-17/h1-8H,17H2. The number of hydrogen-bond donors (Lipinski definition) is 1. The van der Waals surface area contributed by atoms with Crippen LogP contribution < -0.4 is 10.6 Å². The molecule has 0 aromatic heterocycles. The highest BCUT2D eigenvalue weighted by molar-refractivity contribution is 6.36. The molecule has 0 spiro atoms. The van der Waals surface area contributed by atoms with Crippen LogP contribution in [0.3, 0.4) is 0 Å². The molecule has 2 rings (SSSR count). The average molecular weight is 309 g/mol. The van der Waals surface area contributed by atoms with E-state index in [0.29, 0.717) is 10.8 Å². The molecule has 0 bridgehead atoms. The van der Waals surface area contributed by atoms with Gasteiger partial charge >= 0.3 is 5.97 Å². The molecule has 0 radical (unpaired) electrons. The lowest BCUT2D eigenvalue weighted by Gasteiger charge is -2.06. The molecule has 2 aromatic rings. The summed E-state index contributed by atoms with van der Waals surface area (Å²) in [6, 6.07) is 11.3. The van der Waals surface area contributed by atoms with Crippen molar-refractivity contribution in [2.24, 2.45) is 10.9 Å². The first-order valence-corrected chi connectivity index (χ1v) is 6.36. The van der Waals surface area contributed by atoms with Crippen LogP contribution in [-0.2, 0) is 0 Å². The topological polar surface area (TPSA) is 64.7 Å². The Kier molecular flexibility index (Phi) is 4.61. The van der Waals surface area contributed by atoms with Crippen LogP contribution in [0, 0.1) is 0 Å². The number of hydrazone groups is 1. The Hall–Kier alpha value is -2.04. The van der Waals surface area contributed by atoms with Crippen molar-refractivity contribution in [2.75, 3.05) is 0 Å². The largest absolute Gasteiger partial charge is 0.423 e. The van der Waals surface area contributed by atoms with Crippen LogP contribution in [0.4, 0.5) is 0 Å². The van der Waals surface area contributed by atoms with Crippen molar-refractivity contribution in [1.29, 1.82) is 0 Å². The average Bonchev–Trinajstić information content (AvgIpc) is 2.41. The van der Waals surface area contributed by atoms with E-state index in [0.717, 1.165) is 5.56 Å². The Balaban J connectivity index is 2.14. The fourth-order valence-corrected chi connectivity index (χ4v) is 2.01. The van der Waals surface area contributed by atoms with E-state index in [1.165, 1.54) is 18.3 Å². The minimum Gasteiger partial charge on any atom is -0.423 e. The van der Waals surface area contributed by atoms with E-state index in [-0.39, 0.29) is 10.6 Å². The molecule has 2 N–H and O–H groups in total. The highest BCUT2D eigenvalue weighted by atomic mass is 35.5. The maximum Gasteiger partial charge on any atom is 0.345 e. The van der Waals surface area contributed by atoms with Crippen LogP contribution in [0.1, 0.15) is 15.9 Å². The van der Waals surface area contributed by atoms with E-state index in [1.54, 1.807) is 30.3 Å². The van der Waals surface area contributed by atoms with Gasteiger partial charge in [0.05, 0.1) is 16.8 Å². The Morgan fingerprint density at radius 2 is 1.85 bits per heavy atom. The molecule has 2 aromatic carbocycles. The summed E-state index contributed by atoms with van der Waals surface area (Å²) in [6.07, 6.45) is 1.49. The smallest absolute Gasteiger partial charge is 0.345 e. The fraction of sp³-hybridized carbons (Fsp3) is 0. The highest BCUT2D eigenvalue weighted by Gasteiger charge is 2.13. The number of nitrogens with zero attached hydrogens (tertiary/aromatic N) is 1. The van der Waals surface area contributed by atoms with Gasteiger partial charge in [0.25, 0.3) is 0 Å². The summed E-state index contributed by atoms with van der Waals surface area (Å²) in [5.74, 6) is 4.89. The Morgan fingerprint density at radius 1 is 1.15 bits per heavy atom. The fourth-order valence-electron chi connectivity index (χ4n) is 1.53. The van der Waals surface area contributed by atoms with Crippen LogP contribution in [0.5, 0.6) is 5.75 Å². The van der Waals surface area contributed by atoms with Crippen LogP contribution >= 0.6 is 23.2 Å². The van der Waals surface area contributed by atoms with Gasteiger partial charge in [0.15, 0.2) is 0 Å². The number of esters is 1. The molecular formula is C14H10Cl2N2O2. The zero-order valence-electron chi connectivity index (χ0n) is 10.2. The van der Waals surface area contributed by atoms with Gasteiger partial charge in [-0.2, -0.15) is 5.10 Å². The van der Waals surface area contributed by atoms with Gasteiger partial charge in [0, 0.05) is 5.02 Å². The van der Waals surface area contributed by atoms with Crippen molar-refractivity contribution >= 4 is 35.4 Å². The molecule has 6 heteroatoms. The van der Waals surface area contributed by atoms with Crippen molar-refractivity contribution in [3.63, 3.8) is 0 Å². The molecule has 0 aliphatic rings. The monoisotopic (exact) mass is 308 g/mol. The lowest BCUT2D eigenvalue weighted by Crippen LogP contribution is -2.09. The second kappa shape index (κ2) is 6.41. The molecule has 0 atom stereocenters. The van der Waals surface area contributed by atoms with Crippen molar-refractivity contribution in [3.8, 4) is 5.75 Å². The molecule has 0 saturated heterocycles. The Bertz CT molecular complexity index is 655. The second-order valence-corrected chi connectivity index (χ2v) is 4.70. The van der Waals surface area contributed by atoms with Crippen LogP contribution in [0.15, 0.2) is 47.6 Å². The first-order valence-electron chi connectivity index (χ1n) is 5.60. The molecule has 102 valence electrons. The number of ether oxygens (including phenoxy) is 1. The maximum atomic E-state index is 12.0. The third-order valence-electron chi connectivity index (χ3n) is 2.47. The highest BCUT2D eigenvalue weighted by Crippen LogP contribution is 2.22. The van der Waals surface area contributed by atoms with Gasteiger partial charge in [-0.05, 0) is 48.0 Å². The summed E-state index contributed by atoms with van der Waals surface area (Å²) in [4.78, 5) is 12.0. The van der Waals surface area contributed by atoms with Crippen LogP contribution in [0.2, 0.25) is 10.0 Å². The van der Waals surface area contributed by atoms with E-state index in [1.807, 2.05) is 0 Å². The normalized spacial score (nSPS) is 10.7. The molecule has 20 heavy (non-hydrogen) atoms. The summed E-state index contributed by atoms with van der Waals surface area (Å²) in [7, 11) is 0. The molecule has 0 amide bonds. The minimum atomic E-state index is -0.549. The van der Waals surface area contributed by atoms with Gasteiger partial charge in [-0.1, -0.05) is 23.2 Å². The van der Waals surface area contributed by atoms with Gasteiger partial charge < -0.3 is 10.6 Å². The zero-order chi connectivity index (χ0) is 14.5. The third kappa shape index (κ3) is 3.50. The molecule has 0 unspecified atom stereocenters. The van der Waals surface area contributed by atoms with E-state index < -0.39 is 5.97 Å². The van der Waals surface area contributed by atoms with Gasteiger partial charge in [-0.3, -0.25) is 0 Å². The summed E-state index contributed by atoms with van der Waals surface area (Å²) in [6.45, 7) is 0. The zero-order valence-corrected chi connectivity index (χ0v) is 11.7. The van der Waals surface area contributed by atoms with Crippen molar-refractivity contribution < 1.29 is 9.53 Å². The number of carbonyl (C=O) groups excluding carboxylic acids is 1. The molecule has 0 aliphatic carbocycles. The maximum absolute atomic E-state index is 12.0. The van der Waals surface area contributed by atoms with Crippen molar-refractivity contribution in [2.45, 2.75) is 0 Å². The van der Waals surface area contributed by atoms with Crippen molar-refractivity contribution in [1.82, 2.24) is 0 Å². The summed E-state index contributed by atoms with van der Waals surface area (Å²) in [5, 5.41) is 4.10. The van der Waals surface area contributed by atoms with E-state index in [9.17, 15) is 4.79 Å². The number of nitrogens with two attached hydrogens (primary N) is 1. The number of rotatable bonds is 3. The van der Waals surface area contributed by atoms with Crippen LogP contribution in [-0.4, -0.2) is 12.2 Å². The minimum absolute atomic E-state index is 0.245.